The summed E-state index contributed by atoms with van der Waals surface area (Å²) in [4.78, 5) is 0. The molecule has 0 bridgehead atoms. The van der Waals surface area contributed by atoms with Gasteiger partial charge in [0.05, 0.1) is 6.61 Å². The van der Waals surface area contributed by atoms with Crippen LogP contribution in [0, 0.1) is 19.8 Å². The van der Waals surface area contributed by atoms with Crippen molar-refractivity contribution in [3.63, 3.8) is 0 Å². The molecule has 2 rings (SSSR count). The Hall–Kier alpha value is -0.860. The van der Waals surface area contributed by atoms with Gasteiger partial charge in [0, 0.05) is 19.7 Å². The van der Waals surface area contributed by atoms with Crippen molar-refractivity contribution in [1.29, 1.82) is 0 Å². The van der Waals surface area contributed by atoms with Crippen molar-refractivity contribution in [2.45, 2.75) is 33.2 Å². The third-order valence-corrected chi connectivity index (χ3v) is 3.30. The highest BCUT2D eigenvalue weighted by Gasteiger charge is 2.12. The van der Waals surface area contributed by atoms with Crippen LogP contribution in [0.15, 0.2) is 18.2 Å². The molecule has 0 aliphatic carbocycles. The summed E-state index contributed by atoms with van der Waals surface area (Å²) in [6, 6.07) is 6.74. The van der Waals surface area contributed by atoms with Crippen LogP contribution in [0.4, 0.5) is 0 Å². The molecule has 0 radical (unpaired) electrons. The van der Waals surface area contributed by atoms with E-state index in [1.165, 1.54) is 29.5 Å². The van der Waals surface area contributed by atoms with Crippen molar-refractivity contribution in [2.24, 2.45) is 5.92 Å². The summed E-state index contributed by atoms with van der Waals surface area (Å²) >= 11 is 0. The number of nitrogens with one attached hydrogen (secondary N) is 1. The van der Waals surface area contributed by atoms with E-state index in [4.69, 9.17) is 4.74 Å². The van der Waals surface area contributed by atoms with Crippen LogP contribution in [0.2, 0.25) is 0 Å². The lowest BCUT2D eigenvalue weighted by Crippen LogP contribution is -2.28. The molecule has 17 heavy (non-hydrogen) atoms. The van der Waals surface area contributed by atoms with E-state index in [0.717, 1.165) is 26.3 Å². The molecule has 1 N–H and O–H groups in total. The summed E-state index contributed by atoms with van der Waals surface area (Å²) in [6.07, 6.45) is 2.52. The standard InChI is InChI=1S/C15H23NO/c1-12-6-13(2)8-15(7-12)10-16-9-14-4-3-5-17-11-14/h6-8,14,16H,3-5,9-11H2,1-2H3. The van der Waals surface area contributed by atoms with Gasteiger partial charge in [0.1, 0.15) is 0 Å². The van der Waals surface area contributed by atoms with Crippen LogP contribution < -0.4 is 5.32 Å². The molecule has 1 atom stereocenters. The maximum absolute atomic E-state index is 5.48. The molecule has 1 heterocycles. The molecule has 1 unspecified atom stereocenters. The van der Waals surface area contributed by atoms with Gasteiger partial charge in [-0.3, -0.25) is 0 Å². The van der Waals surface area contributed by atoms with E-state index in [-0.39, 0.29) is 0 Å². The van der Waals surface area contributed by atoms with Gasteiger partial charge in [-0.2, -0.15) is 0 Å². The molecular weight excluding hydrogens is 210 g/mol. The molecule has 1 aromatic rings. The van der Waals surface area contributed by atoms with Crippen LogP contribution in [0.25, 0.3) is 0 Å². The van der Waals surface area contributed by atoms with E-state index in [1.807, 2.05) is 0 Å². The van der Waals surface area contributed by atoms with Crippen molar-refractivity contribution in [1.82, 2.24) is 5.32 Å². The van der Waals surface area contributed by atoms with Gasteiger partial charge in [-0.15, -0.1) is 0 Å². The second kappa shape index (κ2) is 6.18. The lowest BCUT2D eigenvalue weighted by molar-refractivity contribution is 0.0547. The Labute approximate surface area is 104 Å². The molecule has 1 saturated heterocycles. The minimum Gasteiger partial charge on any atom is -0.381 e. The van der Waals surface area contributed by atoms with Gasteiger partial charge in [-0.25, -0.2) is 0 Å². The number of benzene rings is 1. The molecule has 2 heteroatoms. The van der Waals surface area contributed by atoms with Crippen molar-refractivity contribution in [2.75, 3.05) is 19.8 Å². The Morgan fingerprint density at radius 1 is 1.24 bits per heavy atom. The van der Waals surface area contributed by atoms with Crippen LogP contribution in [0.5, 0.6) is 0 Å². The summed E-state index contributed by atoms with van der Waals surface area (Å²) in [5.74, 6) is 0.703. The Kier molecular flexibility index (Phi) is 4.57. The number of aryl methyl sites for hydroxylation is 2. The predicted octanol–water partition coefficient (Wildman–Crippen LogP) is 2.82. The zero-order chi connectivity index (χ0) is 12.1. The molecule has 1 fully saturated rings. The van der Waals surface area contributed by atoms with Gasteiger partial charge >= 0.3 is 0 Å². The highest BCUT2D eigenvalue weighted by molar-refractivity contribution is 5.28. The summed E-state index contributed by atoms with van der Waals surface area (Å²) in [6.45, 7) is 8.25. The summed E-state index contributed by atoms with van der Waals surface area (Å²) in [5.41, 5.74) is 4.09. The van der Waals surface area contributed by atoms with Gasteiger partial charge in [0.15, 0.2) is 0 Å². The van der Waals surface area contributed by atoms with E-state index in [0.29, 0.717) is 5.92 Å². The molecule has 0 aromatic heterocycles. The summed E-state index contributed by atoms with van der Waals surface area (Å²) < 4.78 is 5.48. The largest absolute Gasteiger partial charge is 0.381 e. The lowest BCUT2D eigenvalue weighted by atomic mass is 10.0. The zero-order valence-electron chi connectivity index (χ0n) is 11.0. The Morgan fingerprint density at radius 3 is 2.65 bits per heavy atom. The van der Waals surface area contributed by atoms with Crippen LogP contribution >= 0.6 is 0 Å². The minimum absolute atomic E-state index is 0.703. The van der Waals surface area contributed by atoms with Crippen molar-refractivity contribution in [3.05, 3.63) is 34.9 Å². The average Bonchev–Trinajstić information content (AvgIpc) is 2.29. The smallest absolute Gasteiger partial charge is 0.0506 e. The number of ether oxygens (including phenoxy) is 1. The lowest BCUT2D eigenvalue weighted by Gasteiger charge is -2.22. The normalized spacial score (nSPS) is 20.5. The monoisotopic (exact) mass is 233 g/mol. The third-order valence-electron chi connectivity index (χ3n) is 3.30. The van der Waals surface area contributed by atoms with Gasteiger partial charge in [0.25, 0.3) is 0 Å². The van der Waals surface area contributed by atoms with E-state index in [9.17, 15) is 0 Å². The Bertz CT molecular complexity index is 336. The highest BCUT2D eigenvalue weighted by Crippen LogP contribution is 2.13. The number of rotatable bonds is 4. The first-order chi connectivity index (χ1) is 8.24. The Morgan fingerprint density at radius 2 is 2.00 bits per heavy atom. The number of hydrogen-bond donors (Lipinski definition) is 1. The average molecular weight is 233 g/mol. The Balaban J connectivity index is 1.77. The van der Waals surface area contributed by atoms with Crippen molar-refractivity contribution < 1.29 is 4.74 Å². The van der Waals surface area contributed by atoms with E-state index in [2.05, 4.69) is 37.4 Å². The molecule has 1 aliphatic heterocycles. The second-order valence-corrected chi connectivity index (χ2v) is 5.21. The molecule has 0 spiro atoms. The SMILES string of the molecule is Cc1cc(C)cc(CNCC2CCCOC2)c1. The van der Waals surface area contributed by atoms with Gasteiger partial charge in [0.2, 0.25) is 0 Å². The molecule has 1 aromatic carbocycles. The molecule has 2 nitrogen and oxygen atoms in total. The van der Waals surface area contributed by atoms with Crippen molar-refractivity contribution in [3.8, 4) is 0 Å². The fourth-order valence-electron chi connectivity index (χ4n) is 2.56. The first-order valence-electron chi connectivity index (χ1n) is 6.59. The quantitative estimate of drug-likeness (QED) is 0.863. The van der Waals surface area contributed by atoms with Crippen molar-refractivity contribution >= 4 is 0 Å². The second-order valence-electron chi connectivity index (χ2n) is 5.21. The molecule has 1 aliphatic rings. The van der Waals surface area contributed by atoms with Crippen LogP contribution in [0.3, 0.4) is 0 Å². The topological polar surface area (TPSA) is 21.3 Å². The zero-order valence-corrected chi connectivity index (χ0v) is 11.0. The minimum atomic E-state index is 0.703. The molecular formula is C15H23NO. The molecule has 94 valence electrons. The molecule has 0 amide bonds. The van der Waals surface area contributed by atoms with Gasteiger partial charge < -0.3 is 10.1 Å². The van der Waals surface area contributed by atoms with Crippen LogP contribution in [0.1, 0.15) is 29.5 Å². The van der Waals surface area contributed by atoms with Crippen LogP contribution in [-0.4, -0.2) is 19.8 Å². The first-order valence-corrected chi connectivity index (χ1v) is 6.59. The summed E-state index contributed by atoms with van der Waals surface area (Å²) in [5, 5.41) is 3.55. The predicted molar refractivity (Wildman–Crippen MR) is 71.2 cm³/mol. The number of hydrogen-bond acceptors (Lipinski definition) is 2. The summed E-state index contributed by atoms with van der Waals surface area (Å²) in [7, 11) is 0. The van der Waals surface area contributed by atoms with Gasteiger partial charge in [-0.05, 0) is 38.2 Å². The highest BCUT2D eigenvalue weighted by atomic mass is 16.5. The maximum Gasteiger partial charge on any atom is 0.0506 e. The fraction of sp³-hybridized carbons (Fsp3) is 0.600. The van der Waals surface area contributed by atoms with E-state index < -0.39 is 0 Å². The fourth-order valence-corrected chi connectivity index (χ4v) is 2.56. The molecule has 0 saturated carbocycles. The maximum atomic E-state index is 5.48. The van der Waals surface area contributed by atoms with E-state index >= 15 is 0 Å². The van der Waals surface area contributed by atoms with E-state index in [1.54, 1.807) is 0 Å². The van der Waals surface area contributed by atoms with Crippen LogP contribution in [-0.2, 0) is 11.3 Å². The third kappa shape index (κ3) is 4.14. The van der Waals surface area contributed by atoms with Gasteiger partial charge in [-0.1, -0.05) is 29.3 Å². The first kappa shape index (κ1) is 12.6.